The standard InChI is InChI=1S/C18H30N4O2/c1-5-24-16(23)9-11-18(21-22-20)10-8-14(17(2,3)4)13-15(18)7-6-12-19/h14-15H,5-11,13H2,1-4H3/t14-,15-,18+/m0/s1. The maximum Gasteiger partial charge on any atom is 0.305 e. The summed E-state index contributed by atoms with van der Waals surface area (Å²) in [4.78, 5) is 14.9. The van der Waals surface area contributed by atoms with Crippen LogP contribution >= 0.6 is 0 Å². The molecular formula is C18H30N4O2. The van der Waals surface area contributed by atoms with Gasteiger partial charge in [0, 0.05) is 17.8 Å². The minimum atomic E-state index is -0.569. The van der Waals surface area contributed by atoms with Gasteiger partial charge < -0.3 is 4.74 Å². The van der Waals surface area contributed by atoms with Gasteiger partial charge in [-0.05, 0) is 61.8 Å². The molecule has 0 aromatic rings. The van der Waals surface area contributed by atoms with Crippen LogP contribution in [0.15, 0.2) is 5.11 Å². The molecule has 0 heterocycles. The van der Waals surface area contributed by atoms with E-state index in [1.807, 2.05) is 0 Å². The predicted molar refractivity (Wildman–Crippen MR) is 92.9 cm³/mol. The van der Waals surface area contributed by atoms with Crippen molar-refractivity contribution in [3.63, 3.8) is 0 Å². The number of nitriles is 1. The lowest BCUT2D eigenvalue weighted by Gasteiger charge is -2.47. The highest BCUT2D eigenvalue weighted by Crippen LogP contribution is 2.49. The third-order valence-corrected chi connectivity index (χ3v) is 5.40. The third-order valence-electron chi connectivity index (χ3n) is 5.40. The topological polar surface area (TPSA) is 98.8 Å². The van der Waals surface area contributed by atoms with E-state index < -0.39 is 5.54 Å². The quantitative estimate of drug-likeness (QED) is 0.279. The summed E-state index contributed by atoms with van der Waals surface area (Å²) in [5.41, 5.74) is 8.72. The highest BCUT2D eigenvalue weighted by atomic mass is 16.5. The molecule has 0 bridgehead atoms. The van der Waals surface area contributed by atoms with Crippen molar-refractivity contribution in [1.29, 1.82) is 5.26 Å². The Morgan fingerprint density at radius 1 is 1.50 bits per heavy atom. The second kappa shape index (κ2) is 8.94. The molecule has 6 heteroatoms. The van der Waals surface area contributed by atoms with Crippen molar-refractivity contribution in [2.45, 2.75) is 78.2 Å². The summed E-state index contributed by atoms with van der Waals surface area (Å²) in [5, 5.41) is 13.1. The van der Waals surface area contributed by atoms with E-state index in [2.05, 4.69) is 36.9 Å². The molecule has 0 unspecified atom stereocenters. The van der Waals surface area contributed by atoms with E-state index in [9.17, 15) is 4.79 Å². The monoisotopic (exact) mass is 334 g/mol. The van der Waals surface area contributed by atoms with Gasteiger partial charge in [-0.1, -0.05) is 25.9 Å². The van der Waals surface area contributed by atoms with Crippen molar-refractivity contribution < 1.29 is 9.53 Å². The van der Waals surface area contributed by atoms with E-state index in [0.717, 1.165) is 19.3 Å². The molecule has 0 aromatic carbocycles. The van der Waals surface area contributed by atoms with Gasteiger partial charge in [0.15, 0.2) is 0 Å². The fourth-order valence-corrected chi connectivity index (χ4v) is 3.87. The molecule has 0 aliphatic heterocycles. The summed E-state index contributed by atoms with van der Waals surface area (Å²) < 4.78 is 5.02. The molecule has 0 amide bonds. The second-order valence-corrected chi connectivity index (χ2v) is 7.83. The Kier molecular flexibility index (Phi) is 7.57. The molecule has 0 saturated heterocycles. The maximum absolute atomic E-state index is 11.8. The fraction of sp³-hybridized carbons (Fsp3) is 0.889. The van der Waals surface area contributed by atoms with Crippen molar-refractivity contribution >= 4 is 5.97 Å². The summed E-state index contributed by atoms with van der Waals surface area (Å²) in [6.45, 7) is 8.84. The van der Waals surface area contributed by atoms with Crippen LogP contribution in [0.5, 0.6) is 0 Å². The van der Waals surface area contributed by atoms with Crippen LogP contribution in [-0.4, -0.2) is 18.1 Å². The van der Waals surface area contributed by atoms with Gasteiger partial charge in [-0.15, -0.1) is 0 Å². The van der Waals surface area contributed by atoms with Gasteiger partial charge in [0.25, 0.3) is 0 Å². The molecule has 6 nitrogen and oxygen atoms in total. The lowest BCUT2D eigenvalue weighted by molar-refractivity contribution is -0.143. The molecule has 3 atom stereocenters. The van der Waals surface area contributed by atoms with Gasteiger partial charge in [0.05, 0.1) is 18.2 Å². The number of esters is 1. The normalized spacial score (nSPS) is 27.0. The molecule has 1 saturated carbocycles. The zero-order valence-electron chi connectivity index (χ0n) is 15.4. The number of hydrogen-bond donors (Lipinski definition) is 0. The molecule has 0 radical (unpaired) electrons. The van der Waals surface area contributed by atoms with Gasteiger partial charge in [-0.3, -0.25) is 4.79 Å². The molecule has 134 valence electrons. The highest BCUT2D eigenvalue weighted by molar-refractivity contribution is 5.69. The number of nitrogens with zero attached hydrogens (tertiary/aromatic N) is 4. The SMILES string of the molecule is CCOC(=O)CC[C@]1(N=[N+]=[N-])CC[C@H](C(C)(C)C)C[C@@H]1CCC#N. The van der Waals surface area contributed by atoms with E-state index in [0.29, 0.717) is 31.8 Å². The maximum atomic E-state index is 11.8. The first-order valence-electron chi connectivity index (χ1n) is 8.88. The molecule has 24 heavy (non-hydrogen) atoms. The zero-order valence-corrected chi connectivity index (χ0v) is 15.4. The van der Waals surface area contributed by atoms with Gasteiger partial charge in [0.1, 0.15) is 0 Å². The first-order chi connectivity index (χ1) is 11.3. The van der Waals surface area contributed by atoms with Crippen LogP contribution < -0.4 is 0 Å². The summed E-state index contributed by atoms with van der Waals surface area (Å²) in [7, 11) is 0. The molecule has 0 spiro atoms. The third kappa shape index (κ3) is 5.42. The zero-order chi connectivity index (χ0) is 18.2. The van der Waals surface area contributed by atoms with E-state index in [4.69, 9.17) is 15.5 Å². The fourth-order valence-electron chi connectivity index (χ4n) is 3.87. The first kappa shape index (κ1) is 20.3. The number of carbonyl (C=O) groups is 1. The van der Waals surface area contributed by atoms with Gasteiger partial charge in [-0.25, -0.2) is 0 Å². The van der Waals surface area contributed by atoms with Crippen LogP contribution in [0.3, 0.4) is 0 Å². The number of carbonyl (C=O) groups excluding carboxylic acids is 1. The Bertz CT molecular complexity index is 514. The highest BCUT2D eigenvalue weighted by Gasteiger charge is 2.45. The summed E-state index contributed by atoms with van der Waals surface area (Å²) in [6, 6.07) is 2.21. The number of hydrogen-bond acceptors (Lipinski definition) is 4. The van der Waals surface area contributed by atoms with E-state index in [1.54, 1.807) is 6.92 Å². The molecular weight excluding hydrogens is 304 g/mol. The van der Waals surface area contributed by atoms with Crippen LogP contribution in [-0.2, 0) is 9.53 Å². The van der Waals surface area contributed by atoms with Gasteiger partial charge in [0.2, 0.25) is 0 Å². The molecule has 0 aromatic heterocycles. The van der Waals surface area contributed by atoms with Crippen LogP contribution in [0, 0.1) is 28.6 Å². The molecule has 1 rings (SSSR count). The van der Waals surface area contributed by atoms with Crippen LogP contribution in [0.25, 0.3) is 10.4 Å². The van der Waals surface area contributed by atoms with E-state index in [-0.39, 0.29) is 23.7 Å². The van der Waals surface area contributed by atoms with E-state index >= 15 is 0 Å². The van der Waals surface area contributed by atoms with Crippen LogP contribution in [0.4, 0.5) is 0 Å². The summed E-state index contributed by atoms with van der Waals surface area (Å²) in [5.74, 6) is 0.424. The molecule has 0 N–H and O–H groups in total. The Morgan fingerprint density at radius 3 is 2.75 bits per heavy atom. The smallest absolute Gasteiger partial charge is 0.305 e. The molecule has 1 fully saturated rings. The average Bonchev–Trinajstić information content (AvgIpc) is 2.51. The van der Waals surface area contributed by atoms with Crippen molar-refractivity contribution in [3.8, 4) is 6.07 Å². The van der Waals surface area contributed by atoms with Crippen molar-refractivity contribution in [2.75, 3.05) is 6.61 Å². The largest absolute Gasteiger partial charge is 0.466 e. The van der Waals surface area contributed by atoms with E-state index in [1.165, 1.54) is 0 Å². The van der Waals surface area contributed by atoms with Crippen LogP contribution in [0.1, 0.15) is 72.6 Å². The Labute approximate surface area is 145 Å². The Hall–Kier alpha value is -1.73. The number of rotatable bonds is 7. The summed E-state index contributed by atoms with van der Waals surface area (Å²) in [6.07, 6.45) is 4.61. The van der Waals surface area contributed by atoms with Gasteiger partial charge >= 0.3 is 5.97 Å². The predicted octanol–water partition coefficient (Wildman–Crippen LogP) is 5.14. The molecule has 1 aliphatic rings. The molecule has 1 aliphatic carbocycles. The second-order valence-electron chi connectivity index (χ2n) is 7.83. The minimum Gasteiger partial charge on any atom is -0.466 e. The average molecular weight is 334 g/mol. The Morgan fingerprint density at radius 2 is 2.21 bits per heavy atom. The minimum absolute atomic E-state index is 0.139. The Balaban J connectivity index is 2.98. The van der Waals surface area contributed by atoms with Crippen molar-refractivity contribution in [3.05, 3.63) is 10.4 Å². The lowest BCUT2D eigenvalue weighted by atomic mass is 9.60. The first-order valence-corrected chi connectivity index (χ1v) is 8.88. The van der Waals surface area contributed by atoms with Crippen molar-refractivity contribution in [1.82, 2.24) is 0 Å². The summed E-state index contributed by atoms with van der Waals surface area (Å²) >= 11 is 0. The number of ether oxygens (including phenoxy) is 1. The van der Waals surface area contributed by atoms with Crippen molar-refractivity contribution in [2.24, 2.45) is 22.4 Å². The van der Waals surface area contributed by atoms with Gasteiger partial charge in [-0.2, -0.15) is 5.26 Å². The van der Waals surface area contributed by atoms with Crippen LogP contribution in [0.2, 0.25) is 0 Å². The lowest BCUT2D eigenvalue weighted by Crippen LogP contribution is -2.44. The number of azide groups is 1.